The van der Waals surface area contributed by atoms with Gasteiger partial charge in [0.1, 0.15) is 0 Å². The first-order valence-electron chi connectivity index (χ1n) is 1.13. The lowest BCUT2D eigenvalue weighted by atomic mass is 11.3. The van der Waals surface area contributed by atoms with Crippen LogP contribution in [0.5, 0.6) is 0 Å². The number of hydrogen-bond acceptors (Lipinski definition) is 2. The van der Waals surface area contributed by atoms with E-state index in [0.29, 0.717) is 0 Å². The first-order chi connectivity index (χ1) is 2.39. The van der Waals surface area contributed by atoms with E-state index in [0.717, 1.165) is 11.8 Å². The summed E-state index contributed by atoms with van der Waals surface area (Å²) in [5.41, 5.74) is 1.52. The normalized spacial score (nSPS) is 18.8. The molecule has 1 rings (SSSR count). The Labute approximate surface area is 33.3 Å². The first kappa shape index (κ1) is 2.90. The Balaban J connectivity index is 2.71. The SMILES string of the molecule is O=C1N=CS1. The quantitative estimate of drug-likeness (QED) is 0.439. The summed E-state index contributed by atoms with van der Waals surface area (Å²) in [6.07, 6.45) is 0. The molecule has 1 amide bonds. The molecule has 0 aromatic heterocycles. The number of amides is 1. The molecule has 0 aliphatic carbocycles. The van der Waals surface area contributed by atoms with Crippen LogP contribution in [0.1, 0.15) is 0 Å². The number of rotatable bonds is 0. The third-order valence-corrected chi connectivity index (χ3v) is 0.829. The predicted molar refractivity (Wildman–Crippen MR) is 21.5 cm³/mol. The van der Waals surface area contributed by atoms with E-state index in [1.54, 1.807) is 0 Å². The van der Waals surface area contributed by atoms with Crippen molar-refractivity contribution in [2.45, 2.75) is 0 Å². The zero-order valence-electron chi connectivity index (χ0n) is 2.34. The second kappa shape index (κ2) is 0.825. The van der Waals surface area contributed by atoms with E-state index in [4.69, 9.17) is 0 Å². The van der Waals surface area contributed by atoms with Crippen molar-refractivity contribution in [3.8, 4) is 0 Å². The summed E-state index contributed by atoms with van der Waals surface area (Å²) in [6, 6.07) is 0. The lowest BCUT2D eigenvalue weighted by Crippen LogP contribution is -1.90. The van der Waals surface area contributed by atoms with Gasteiger partial charge in [0.25, 0.3) is 0 Å². The average Bonchev–Trinajstić information content (AvgIpc) is 1.30. The molecule has 0 atom stereocenters. The van der Waals surface area contributed by atoms with Crippen LogP contribution in [0.2, 0.25) is 0 Å². The van der Waals surface area contributed by atoms with Gasteiger partial charge in [0.05, 0.1) is 5.55 Å². The Hall–Kier alpha value is -0.310. The highest BCUT2D eigenvalue weighted by atomic mass is 32.2. The number of nitrogens with zero attached hydrogens (tertiary/aromatic N) is 1. The number of aliphatic imine (C=N–C) groups is 1. The minimum atomic E-state index is -0.0787. The van der Waals surface area contributed by atoms with Gasteiger partial charge in [-0.1, -0.05) is 0 Å². The van der Waals surface area contributed by atoms with Gasteiger partial charge < -0.3 is 0 Å². The number of carbonyl (C=O) groups is 1. The maximum absolute atomic E-state index is 9.66. The molecule has 1 heterocycles. The molecule has 0 saturated heterocycles. The molecule has 0 spiro atoms. The minimum absolute atomic E-state index is 0.0787. The standard InChI is InChI=1S/C2HNOS/c4-2-3-1-5-2/h1H. The fourth-order valence-electron chi connectivity index (χ4n) is 0.0957. The van der Waals surface area contributed by atoms with E-state index in [1.807, 2.05) is 0 Å². The van der Waals surface area contributed by atoms with Crippen LogP contribution in [0, 0.1) is 0 Å². The van der Waals surface area contributed by atoms with E-state index in [2.05, 4.69) is 4.99 Å². The van der Waals surface area contributed by atoms with Crippen molar-refractivity contribution in [3.63, 3.8) is 0 Å². The van der Waals surface area contributed by atoms with Gasteiger partial charge in [0.15, 0.2) is 0 Å². The molecule has 0 aromatic rings. The van der Waals surface area contributed by atoms with E-state index < -0.39 is 0 Å². The van der Waals surface area contributed by atoms with Crippen molar-refractivity contribution < 1.29 is 4.79 Å². The predicted octanol–water partition coefficient (Wildman–Crippen LogP) is 0.882. The van der Waals surface area contributed by atoms with Crippen LogP contribution in [0.3, 0.4) is 0 Å². The summed E-state index contributed by atoms with van der Waals surface area (Å²) in [6.45, 7) is 0. The lowest BCUT2D eigenvalue weighted by Gasteiger charge is -1.90. The van der Waals surface area contributed by atoms with Crippen molar-refractivity contribution in [1.82, 2.24) is 0 Å². The minimum Gasteiger partial charge on any atom is -0.259 e. The average molecular weight is 87.1 g/mol. The van der Waals surface area contributed by atoms with Crippen molar-refractivity contribution in [3.05, 3.63) is 0 Å². The molecular weight excluding hydrogens is 86.1 g/mol. The van der Waals surface area contributed by atoms with Gasteiger partial charge in [0.2, 0.25) is 0 Å². The van der Waals surface area contributed by atoms with Crippen LogP contribution in [0.25, 0.3) is 0 Å². The number of thioether (sulfide) groups is 1. The fraction of sp³-hybridized carbons (Fsp3) is 0. The van der Waals surface area contributed by atoms with Gasteiger partial charge in [-0.25, -0.2) is 4.99 Å². The highest BCUT2D eigenvalue weighted by Crippen LogP contribution is 2.08. The molecule has 1 aliphatic heterocycles. The van der Waals surface area contributed by atoms with Crippen molar-refractivity contribution >= 4 is 22.5 Å². The zero-order valence-corrected chi connectivity index (χ0v) is 3.16. The molecule has 2 nitrogen and oxygen atoms in total. The molecular formula is C2HNOS. The monoisotopic (exact) mass is 87.0 g/mol. The maximum atomic E-state index is 9.66. The van der Waals surface area contributed by atoms with Gasteiger partial charge in [-0.15, -0.1) is 0 Å². The molecule has 0 N–H and O–H groups in total. The third kappa shape index (κ3) is 0.326. The van der Waals surface area contributed by atoms with E-state index in [1.165, 1.54) is 5.55 Å². The Morgan fingerprint density at radius 1 is 2.00 bits per heavy atom. The van der Waals surface area contributed by atoms with Crippen LogP contribution >= 0.6 is 11.8 Å². The van der Waals surface area contributed by atoms with Gasteiger partial charge in [-0.3, -0.25) is 4.79 Å². The van der Waals surface area contributed by atoms with Gasteiger partial charge >= 0.3 is 5.24 Å². The Bertz CT molecular complexity index is 87.6. The van der Waals surface area contributed by atoms with E-state index >= 15 is 0 Å². The molecule has 0 aromatic carbocycles. The molecule has 3 heteroatoms. The van der Waals surface area contributed by atoms with Gasteiger partial charge in [0, 0.05) is 0 Å². The second-order valence-corrected chi connectivity index (χ2v) is 1.41. The zero-order chi connectivity index (χ0) is 3.70. The Morgan fingerprint density at radius 3 is 2.40 bits per heavy atom. The number of hydrogen-bond donors (Lipinski definition) is 0. The molecule has 1 aliphatic rings. The van der Waals surface area contributed by atoms with Crippen LogP contribution < -0.4 is 0 Å². The van der Waals surface area contributed by atoms with Crippen LogP contribution in [0.15, 0.2) is 4.99 Å². The molecule has 5 heavy (non-hydrogen) atoms. The molecule has 0 saturated carbocycles. The number of carbonyl (C=O) groups excluding carboxylic acids is 1. The summed E-state index contributed by atoms with van der Waals surface area (Å²) in [5, 5.41) is -0.0787. The van der Waals surface area contributed by atoms with Crippen LogP contribution in [-0.2, 0) is 0 Å². The Kier molecular flexibility index (Phi) is 0.479. The van der Waals surface area contributed by atoms with E-state index in [-0.39, 0.29) is 5.24 Å². The van der Waals surface area contributed by atoms with Crippen LogP contribution in [-0.4, -0.2) is 10.8 Å². The second-order valence-electron chi connectivity index (χ2n) is 0.618. The van der Waals surface area contributed by atoms with Crippen molar-refractivity contribution in [2.75, 3.05) is 0 Å². The van der Waals surface area contributed by atoms with E-state index in [9.17, 15) is 4.79 Å². The highest BCUT2D eigenvalue weighted by Gasteiger charge is 2.02. The fourth-order valence-corrected chi connectivity index (χ4v) is 0.287. The molecule has 0 bridgehead atoms. The van der Waals surface area contributed by atoms with Gasteiger partial charge in [-0.05, 0) is 11.8 Å². The van der Waals surface area contributed by atoms with Crippen molar-refractivity contribution in [2.24, 2.45) is 4.99 Å². The summed E-state index contributed by atoms with van der Waals surface area (Å²) < 4.78 is 0. The summed E-state index contributed by atoms with van der Waals surface area (Å²) >= 11 is 1.13. The Morgan fingerprint density at radius 2 is 2.40 bits per heavy atom. The van der Waals surface area contributed by atoms with Crippen LogP contribution in [0.4, 0.5) is 4.79 Å². The molecule has 26 valence electrons. The topological polar surface area (TPSA) is 29.4 Å². The summed E-state index contributed by atoms with van der Waals surface area (Å²) in [7, 11) is 0. The molecule has 0 unspecified atom stereocenters. The molecule has 0 fully saturated rings. The largest absolute Gasteiger partial charge is 0.311 e. The lowest BCUT2D eigenvalue weighted by molar-refractivity contribution is 0.267. The smallest absolute Gasteiger partial charge is 0.259 e. The maximum Gasteiger partial charge on any atom is 0.311 e. The first-order valence-corrected chi connectivity index (χ1v) is 2.01. The summed E-state index contributed by atoms with van der Waals surface area (Å²) in [5.74, 6) is 0. The summed E-state index contributed by atoms with van der Waals surface area (Å²) in [4.78, 5) is 12.9. The third-order valence-electron chi connectivity index (χ3n) is 0.312. The van der Waals surface area contributed by atoms with Crippen molar-refractivity contribution in [1.29, 1.82) is 0 Å². The molecule has 0 radical (unpaired) electrons. The van der Waals surface area contributed by atoms with Gasteiger partial charge in [-0.2, -0.15) is 0 Å². The highest BCUT2D eigenvalue weighted by molar-refractivity contribution is 8.26.